The molecular formula is C20H29N5O. The molecule has 0 aliphatic carbocycles. The zero-order valence-electron chi connectivity index (χ0n) is 16.3. The molecule has 0 radical (unpaired) electrons. The number of hydrogen-bond donors (Lipinski definition) is 0. The molecule has 1 aliphatic heterocycles. The SMILES string of the molecule is CCc1nnc(N2CCN(C(C)c3cccc(OC)c3)CC2)nc1CC. The topological polar surface area (TPSA) is 54.4 Å². The van der Waals surface area contributed by atoms with E-state index in [1.54, 1.807) is 7.11 Å². The molecular weight excluding hydrogens is 326 g/mol. The monoisotopic (exact) mass is 355 g/mol. The van der Waals surface area contributed by atoms with Crippen LogP contribution in [0.3, 0.4) is 0 Å². The number of rotatable bonds is 6. The highest BCUT2D eigenvalue weighted by molar-refractivity contribution is 5.33. The minimum absolute atomic E-state index is 0.361. The summed E-state index contributed by atoms with van der Waals surface area (Å²) in [5.74, 6) is 1.68. The third kappa shape index (κ3) is 3.96. The van der Waals surface area contributed by atoms with Gasteiger partial charge in [0.05, 0.1) is 18.5 Å². The molecule has 1 aromatic heterocycles. The fourth-order valence-electron chi connectivity index (χ4n) is 3.48. The fraction of sp³-hybridized carbons (Fsp3) is 0.550. The number of ether oxygens (including phenoxy) is 1. The quantitative estimate of drug-likeness (QED) is 0.794. The summed E-state index contributed by atoms with van der Waals surface area (Å²) in [6, 6.07) is 8.70. The van der Waals surface area contributed by atoms with E-state index in [1.807, 2.05) is 6.07 Å². The van der Waals surface area contributed by atoms with Crippen LogP contribution < -0.4 is 9.64 Å². The number of hydrogen-bond acceptors (Lipinski definition) is 6. The van der Waals surface area contributed by atoms with Gasteiger partial charge < -0.3 is 9.64 Å². The normalized spacial score (nSPS) is 16.5. The minimum Gasteiger partial charge on any atom is -0.497 e. The molecule has 0 bridgehead atoms. The van der Waals surface area contributed by atoms with Crippen molar-refractivity contribution < 1.29 is 4.74 Å². The van der Waals surface area contributed by atoms with Crippen LogP contribution in [0.4, 0.5) is 5.95 Å². The van der Waals surface area contributed by atoms with E-state index in [9.17, 15) is 0 Å². The molecule has 1 atom stereocenters. The summed E-state index contributed by atoms with van der Waals surface area (Å²) in [7, 11) is 1.71. The highest BCUT2D eigenvalue weighted by Gasteiger charge is 2.24. The second-order valence-electron chi connectivity index (χ2n) is 6.69. The summed E-state index contributed by atoms with van der Waals surface area (Å²) >= 11 is 0. The van der Waals surface area contributed by atoms with Crippen molar-refractivity contribution >= 4 is 5.95 Å². The minimum atomic E-state index is 0.361. The molecule has 0 spiro atoms. The van der Waals surface area contributed by atoms with Crippen molar-refractivity contribution in [3.63, 3.8) is 0 Å². The Morgan fingerprint density at radius 2 is 1.77 bits per heavy atom. The van der Waals surface area contributed by atoms with Gasteiger partial charge in [0.25, 0.3) is 0 Å². The van der Waals surface area contributed by atoms with Gasteiger partial charge in [-0.05, 0) is 37.5 Å². The number of methoxy groups -OCH3 is 1. The smallest absolute Gasteiger partial charge is 0.245 e. The third-order valence-corrected chi connectivity index (χ3v) is 5.22. The Bertz CT molecular complexity index is 728. The van der Waals surface area contributed by atoms with Gasteiger partial charge in [0.15, 0.2) is 0 Å². The lowest BCUT2D eigenvalue weighted by molar-refractivity contribution is 0.197. The molecule has 26 heavy (non-hydrogen) atoms. The second-order valence-corrected chi connectivity index (χ2v) is 6.69. The maximum Gasteiger partial charge on any atom is 0.245 e. The Kier molecular flexibility index (Phi) is 6.04. The average Bonchev–Trinajstić information content (AvgIpc) is 2.72. The fourth-order valence-corrected chi connectivity index (χ4v) is 3.48. The maximum absolute atomic E-state index is 5.36. The molecule has 2 aromatic rings. The van der Waals surface area contributed by atoms with E-state index >= 15 is 0 Å². The summed E-state index contributed by atoms with van der Waals surface area (Å²) in [5, 5.41) is 8.74. The van der Waals surface area contributed by atoms with Crippen molar-refractivity contribution in [2.75, 3.05) is 38.2 Å². The lowest BCUT2D eigenvalue weighted by atomic mass is 10.1. The summed E-state index contributed by atoms with van der Waals surface area (Å²) in [4.78, 5) is 9.50. The Morgan fingerprint density at radius 1 is 1.04 bits per heavy atom. The van der Waals surface area contributed by atoms with Gasteiger partial charge >= 0.3 is 0 Å². The molecule has 1 saturated heterocycles. The van der Waals surface area contributed by atoms with Crippen molar-refractivity contribution in [2.45, 2.75) is 39.7 Å². The molecule has 0 amide bonds. The summed E-state index contributed by atoms with van der Waals surface area (Å²) in [6.07, 6.45) is 1.79. The zero-order chi connectivity index (χ0) is 18.5. The number of aryl methyl sites for hydroxylation is 2. The van der Waals surface area contributed by atoms with Gasteiger partial charge in [-0.2, -0.15) is 5.10 Å². The van der Waals surface area contributed by atoms with E-state index in [2.05, 4.69) is 59.0 Å². The Hall–Kier alpha value is -2.21. The lowest BCUT2D eigenvalue weighted by Crippen LogP contribution is -2.47. The highest BCUT2D eigenvalue weighted by atomic mass is 16.5. The predicted octanol–water partition coefficient (Wildman–Crippen LogP) is 2.89. The van der Waals surface area contributed by atoms with Crippen molar-refractivity contribution in [3.8, 4) is 5.75 Å². The molecule has 1 unspecified atom stereocenters. The van der Waals surface area contributed by atoms with Gasteiger partial charge in [0, 0.05) is 32.2 Å². The summed E-state index contributed by atoms with van der Waals surface area (Å²) in [6.45, 7) is 10.3. The highest BCUT2D eigenvalue weighted by Crippen LogP contribution is 2.25. The zero-order valence-corrected chi connectivity index (χ0v) is 16.3. The van der Waals surface area contributed by atoms with Crippen LogP contribution in [-0.2, 0) is 12.8 Å². The first-order valence-electron chi connectivity index (χ1n) is 9.51. The molecule has 140 valence electrons. The summed E-state index contributed by atoms with van der Waals surface area (Å²) in [5.41, 5.74) is 3.38. The average molecular weight is 355 g/mol. The molecule has 1 aliphatic rings. The Labute approximate surface area is 156 Å². The van der Waals surface area contributed by atoms with E-state index in [0.717, 1.165) is 62.1 Å². The van der Waals surface area contributed by atoms with Crippen LogP contribution in [0.15, 0.2) is 24.3 Å². The standard InChI is InChI=1S/C20H29N5O/c1-5-18-19(6-2)22-23-20(21-18)25-12-10-24(11-13-25)15(3)16-8-7-9-17(14-16)26-4/h7-9,14-15H,5-6,10-13H2,1-4H3. The lowest BCUT2D eigenvalue weighted by Gasteiger charge is -2.38. The van der Waals surface area contributed by atoms with Gasteiger partial charge in [0.2, 0.25) is 5.95 Å². The van der Waals surface area contributed by atoms with E-state index in [4.69, 9.17) is 9.72 Å². The Morgan fingerprint density at radius 3 is 2.42 bits per heavy atom. The van der Waals surface area contributed by atoms with Crippen molar-refractivity contribution in [1.82, 2.24) is 20.1 Å². The van der Waals surface area contributed by atoms with Crippen LogP contribution in [0.1, 0.15) is 43.8 Å². The molecule has 3 rings (SSSR count). The van der Waals surface area contributed by atoms with Crippen LogP contribution in [0.5, 0.6) is 5.75 Å². The predicted molar refractivity (Wildman–Crippen MR) is 104 cm³/mol. The van der Waals surface area contributed by atoms with Crippen LogP contribution in [0, 0.1) is 0 Å². The number of anilines is 1. The van der Waals surface area contributed by atoms with Gasteiger partial charge in [-0.15, -0.1) is 5.10 Å². The first-order valence-corrected chi connectivity index (χ1v) is 9.51. The molecule has 1 fully saturated rings. The molecule has 6 heteroatoms. The first-order chi connectivity index (χ1) is 12.7. The molecule has 2 heterocycles. The third-order valence-electron chi connectivity index (χ3n) is 5.22. The van der Waals surface area contributed by atoms with Crippen molar-refractivity contribution in [1.29, 1.82) is 0 Å². The van der Waals surface area contributed by atoms with Gasteiger partial charge in [-0.3, -0.25) is 4.90 Å². The largest absolute Gasteiger partial charge is 0.497 e. The van der Waals surface area contributed by atoms with Gasteiger partial charge in [-0.25, -0.2) is 4.98 Å². The van der Waals surface area contributed by atoms with E-state index in [1.165, 1.54) is 5.56 Å². The first kappa shape index (κ1) is 18.6. The number of piperazine rings is 1. The number of nitrogens with zero attached hydrogens (tertiary/aromatic N) is 5. The Balaban J connectivity index is 1.65. The number of aromatic nitrogens is 3. The molecule has 6 nitrogen and oxygen atoms in total. The van der Waals surface area contributed by atoms with Crippen molar-refractivity contribution in [2.24, 2.45) is 0 Å². The molecule has 0 saturated carbocycles. The maximum atomic E-state index is 5.36. The van der Waals surface area contributed by atoms with Crippen LogP contribution in [-0.4, -0.2) is 53.4 Å². The summed E-state index contributed by atoms with van der Waals surface area (Å²) < 4.78 is 5.36. The van der Waals surface area contributed by atoms with E-state index in [-0.39, 0.29) is 0 Å². The number of benzene rings is 1. The molecule has 0 N–H and O–H groups in total. The van der Waals surface area contributed by atoms with Crippen LogP contribution >= 0.6 is 0 Å². The van der Waals surface area contributed by atoms with Crippen LogP contribution in [0.25, 0.3) is 0 Å². The van der Waals surface area contributed by atoms with Gasteiger partial charge in [0.1, 0.15) is 5.75 Å². The van der Waals surface area contributed by atoms with Crippen molar-refractivity contribution in [3.05, 3.63) is 41.2 Å². The molecule has 1 aromatic carbocycles. The van der Waals surface area contributed by atoms with Crippen LogP contribution in [0.2, 0.25) is 0 Å². The van der Waals surface area contributed by atoms with E-state index in [0.29, 0.717) is 6.04 Å². The van der Waals surface area contributed by atoms with E-state index < -0.39 is 0 Å². The van der Waals surface area contributed by atoms with Gasteiger partial charge in [-0.1, -0.05) is 26.0 Å². The second kappa shape index (κ2) is 8.45.